The first-order valence-corrected chi connectivity index (χ1v) is 5.85. The number of aromatic nitrogens is 1. The number of carbonyl (C=O) groups excluding carboxylic acids is 1. The van der Waals surface area contributed by atoms with Gasteiger partial charge in [-0.25, -0.2) is 4.79 Å². The van der Waals surface area contributed by atoms with Crippen molar-refractivity contribution in [3.05, 3.63) is 41.6 Å². The summed E-state index contributed by atoms with van der Waals surface area (Å²) in [6, 6.07) is 9.67. The van der Waals surface area contributed by atoms with Gasteiger partial charge in [0.25, 0.3) is 0 Å². The van der Waals surface area contributed by atoms with E-state index in [4.69, 9.17) is 12.6 Å². The Balaban J connectivity index is 2.47. The maximum atomic E-state index is 11.8. The molecule has 0 spiro atoms. The molecule has 0 unspecified atom stereocenters. The van der Waals surface area contributed by atoms with Crippen LogP contribution < -0.4 is 5.46 Å². The minimum atomic E-state index is -0.383. The third-order valence-electron chi connectivity index (χ3n) is 2.77. The van der Waals surface area contributed by atoms with Gasteiger partial charge in [-0.15, -0.1) is 0 Å². The molecule has 0 fully saturated rings. The molecular formula is C14H14BNO2. The lowest BCUT2D eigenvalue weighted by Gasteiger charge is -2.03. The maximum Gasteiger partial charge on any atom is 0.339 e. The number of carbonyl (C=O) groups is 1. The Bertz CT molecular complexity index is 561. The topological polar surface area (TPSA) is 42.1 Å². The number of hydrogen-bond acceptors (Lipinski definition) is 2. The van der Waals surface area contributed by atoms with E-state index in [0.717, 1.165) is 17.0 Å². The summed E-state index contributed by atoms with van der Waals surface area (Å²) in [6.45, 7) is 3.92. The molecule has 18 heavy (non-hydrogen) atoms. The molecular weight excluding hydrogens is 225 g/mol. The minimum Gasteiger partial charge on any atom is -0.462 e. The first kappa shape index (κ1) is 12.5. The molecule has 4 heteroatoms. The first-order valence-electron chi connectivity index (χ1n) is 5.85. The smallest absolute Gasteiger partial charge is 0.339 e. The number of nitrogens with one attached hydrogen (secondary N) is 1. The highest BCUT2D eigenvalue weighted by atomic mass is 16.5. The van der Waals surface area contributed by atoms with Gasteiger partial charge in [-0.3, -0.25) is 0 Å². The largest absolute Gasteiger partial charge is 0.462 e. The van der Waals surface area contributed by atoms with Crippen LogP contribution in [-0.4, -0.2) is 25.4 Å². The van der Waals surface area contributed by atoms with Crippen molar-refractivity contribution in [3.8, 4) is 11.3 Å². The number of esters is 1. The summed E-state index contributed by atoms with van der Waals surface area (Å²) in [5.74, 6) is -0.383. The van der Waals surface area contributed by atoms with Crippen molar-refractivity contribution in [1.29, 1.82) is 0 Å². The third kappa shape index (κ3) is 2.19. The van der Waals surface area contributed by atoms with Gasteiger partial charge in [0, 0.05) is 11.4 Å². The number of aromatic amines is 1. The Hall–Kier alpha value is -1.97. The second kappa shape index (κ2) is 5.13. The predicted molar refractivity (Wildman–Crippen MR) is 72.3 cm³/mol. The molecule has 0 saturated carbocycles. The van der Waals surface area contributed by atoms with Gasteiger partial charge in [0.05, 0.1) is 12.2 Å². The van der Waals surface area contributed by atoms with E-state index in [1.54, 1.807) is 6.92 Å². The Morgan fingerprint density at radius 1 is 1.33 bits per heavy atom. The van der Waals surface area contributed by atoms with E-state index in [1.807, 2.05) is 37.3 Å². The van der Waals surface area contributed by atoms with Crippen LogP contribution in [0, 0.1) is 6.92 Å². The summed E-state index contributed by atoms with van der Waals surface area (Å²) in [5.41, 5.74) is 3.31. The lowest BCUT2D eigenvalue weighted by molar-refractivity contribution is 0.0527. The van der Waals surface area contributed by atoms with Crippen LogP contribution in [0.15, 0.2) is 30.3 Å². The predicted octanol–water partition coefficient (Wildman–Crippen LogP) is 1.96. The van der Waals surface area contributed by atoms with Crippen LogP contribution in [0.2, 0.25) is 0 Å². The quantitative estimate of drug-likeness (QED) is 0.657. The normalized spacial score (nSPS) is 10.3. The molecule has 1 N–H and O–H groups in total. The second-order valence-electron chi connectivity index (χ2n) is 4.00. The van der Waals surface area contributed by atoms with Crippen molar-refractivity contribution in [2.75, 3.05) is 6.61 Å². The van der Waals surface area contributed by atoms with Crippen molar-refractivity contribution in [1.82, 2.24) is 4.98 Å². The van der Waals surface area contributed by atoms with E-state index in [9.17, 15) is 4.79 Å². The molecule has 0 atom stereocenters. The fourth-order valence-corrected chi connectivity index (χ4v) is 1.94. The zero-order chi connectivity index (χ0) is 13.1. The zero-order valence-electron chi connectivity index (χ0n) is 10.5. The highest BCUT2D eigenvalue weighted by molar-refractivity contribution is 6.39. The molecule has 90 valence electrons. The lowest BCUT2D eigenvalue weighted by Crippen LogP contribution is -2.17. The molecule has 2 rings (SSSR count). The van der Waals surface area contributed by atoms with Gasteiger partial charge in [0.2, 0.25) is 0 Å². The van der Waals surface area contributed by atoms with Gasteiger partial charge >= 0.3 is 5.97 Å². The van der Waals surface area contributed by atoms with Crippen LogP contribution in [0.5, 0.6) is 0 Å². The summed E-state index contributed by atoms with van der Waals surface area (Å²) in [5, 5.41) is 0. The fourth-order valence-electron chi connectivity index (χ4n) is 1.94. The zero-order valence-corrected chi connectivity index (χ0v) is 10.5. The van der Waals surface area contributed by atoms with Gasteiger partial charge < -0.3 is 9.72 Å². The van der Waals surface area contributed by atoms with Crippen molar-refractivity contribution >= 4 is 19.3 Å². The molecule has 2 aromatic rings. The highest BCUT2D eigenvalue weighted by Crippen LogP contribution is 2.19. The van der Waals surface area contributed by atoms with E-state index in [2.05, 4.69) is 4.98 Å². The summed E-state index contributed by atoms with van der Waals surface area (Å²) in [4.78, 5) is 15.0. The molecule has 0 bridgehead atoms. The van der Waals surface area contributed by atoms with Gasteiger partial charge in [-0.1, -0.05) is 35.8 Å². The molecule has 1 aromatic carbocycles. The van der Waals surface area contributed by atoms with Crippen molar-refractivity contribution in [2.45, 2.75) is 13.8 Å². The standard InChI is InChI=1S/C14H14BNO2/c1-3-18-14(17)11-9(2)16-13(12(11)15)10-7-5-4-6-8-10/h4-8,16H,3H2,1-2H3. The highest BCUT2D eigenvalue weighted by Gasteiger charge is 2.18. The lowest BCUT2D eigenvalue weighted by atomic mass is 9.88. The molecule has 1 aromatic heterocycles. The minimum absolute atomic E-state index is 0.337. The number of benzene rings is 1. The SMILES string of the molecule is [B]c1c(-c2ccccc2)[nH]c(C)c1C(=O)OCC. The van der Waals surface area contributed by atoms with Crippen LogP contribution in [0.25, 0.3) is 11.3 Å². The Labute approximate surface area is 108 Å². The van der Waals surface area contributed by atoms with E-state index in [1.165, 1.54) is 0 Å². The van der Waals surface area contributed by atoms with Crippen LogP contribution in [0.3, 0.4) is 0 Å². The third-order valence-corrected chi connectivity index (χ3v) is 2.77. The number of aryl methyl sites for hydroxylation is 1. The number of hydrogen-bond donors (Lipinski definition) is 1. The van der Waals surface area contributed by atoms with Gasteiger partial charge in [0.1, 0.15) is 7.85 Å². The average Bonchev–Trinajstić information content (AvgIpc) is 2.66. The summed E-state index contributed by atoms with van der Waals surface area (Å²) < 4.78 is 5.00. The van der Waals surface area contributed by atoms with Gasteiger partial charge in [-0.05, 0) is 19.4 Å². The second-order valence-corrected chi connectivity index (χ2v) is 4.00. The van der Waals surface area contributed by atoms with Gasteiger partial charge in [-0.2, -0.15) is 0 Å². The summed E-state index contributed by atoms with van der Waals surface area (Å²) in [7, 11) is 6.04. The Kier molecular flexibility index (Phi) is 3.56. The molecule has 3 nitrogen and oxygen atoms in total. The molecule has 0 saturated heterocycles. The van der Waals surface area contributed by atoms with E-state index < -0.39 is 0 Å². The van der Waals surface area contributed by atoms with E-state index in [0.29, 0.717) is 17.6 Å². The van der Waals surface area contributed by atoms with Crippen LogP contribution >= 0.6 is 0 Å². The number of H-pyrrole nitrogens is 1. The van der Waals surface area contributed by atoms with Crippen LogP contribution in [0.4, 0.5) is 0 Å². The van der Waals surface area contributed by atoms with Crippen LogP contribution in [-0.2, 0) is 4.74 Å². The first-order chi connectivity index (χ1) is 8.65. The molecule has 0 amide bonds. The molecule has 0 aliphatic heterocycles. The fraction of sp³-hybridized carbons (Fsp3) is 0.214. The van der Waals surface area contributed by atoms with Crippen molar-refractivity contribution in [3.63, 3.8) is 0 Å². The van der Waals surface area contributed by atoms with Crippen molar-refractivity contribution < 1.29 is 9.53 Å². The van der Waals surface area contributed by atoms with Crippen molar-refractivity contribution in [2.24, 2.45) is 0 Å². The molecule has 2 radical (unpaired) electrons. The van der Waals surface area contributed by atoms with E-state index in [-0.39, 0.29) is 5.97 Å². The summed E-state index contributed by atoms with van der Waals surface area (Å²) >= 11 is 0. The molecule has 0 aliphatic rings. The number of rotatable bonds is 3. The van der Waals surface area contributed by atoms with Crippen LogP contribution in [0.1, 0.15) is 23.0 Å². The Morgan fingerprint density at radius 2 is 2.00 bits per heavy atom. The summed E-state index contributed by atoms with van der Waals surface area (Å²) in [6.07, 6.45) is 0. The molecule has 0 aliphatic carbocycles. The average molecular weight is 239 g/mol. The number of ether oxygens (including phenoxy) is 1. The molecule has 1 heterocycles. The maximum absolute atomic E-state index is 11.8. The Morgan fingerprint density at radius 3 is 2.61 bits per heavy atom. The van der Waals surface area contributed by atoms with Gasteiger partial charge in [0.15, 0.2) is 0 Å². The monoisotopic (exact) mass is 239 g/mol. The van der Waals surface area contributed by atoms with E-state index >= 15 is 0 Å².